The van der Waals surface area contributed by atoms with Crippen molar-refractivity contribution >= 4 is 39.9 Å². The van der Waals surface area contributed by atoms with Gasteiger partial charge in [0.05, 0.1) is 41.4 Å². The number of rotatable bonds is 7. The molecule has 0 aliphatic heterocycles. The first-order valence-corrected chi connectivity index (χ1v) is 13.9. The first kappa shape index (κ1) is 26.2. The van der Waals surface area contributed by atoms with Gasteiger partial charge in [-0.1, -0.05) is 49.3 Å². The van der Waals surface area contributed by atoms with Crippen LogP contribution in [-0.2, 0) is 6.42 Å². The van der Waals surface area contributed by atoms with Crippen molar-refractivity contribution in [2.45, 2.75) is 51.7 Å². The van der Waals surface area contributed by atoms with E-state index < -0.39 is 6.10 Å². The summed E-state index contributed by atoms with van der Waals surface area (Å²) < 4.78 is 2.62. The molecule has 1 saturated carbocycles. The number of carbonyl (C=O) groups is 1. The number of nitrogens with one attached hydrogen (secondary N) is 1. The van der Waals surface area contributed by atoms with E-state index in [2.05, 4.69) is 44.8 Å². The van der Waals surface area contributed by atoms with Crippen molar-refractivity contribution in [3.05, 3.63) is 57.5 Å². The molecule has 9 nitrogen and oxygen atoms in total. The zero-order valence-corrected chi connectivity index (χ0v) is 22.7. The first-order valence-electron chi connectivity index (χ1n) is 12.7. The molecule has 4 aromatic heterocycles. The minimum Gasteiger partial charge on any atom is -0.391 e. The number of carbonyl (C=O) groups excluding carboxylic acids is 1. The fourth-order valence-corrected chi connectivity index (χ4v) is 5.94. The summed E-state index contributed by atoms with van der Waals surface area (Å²) in [6.45, 7) is 4.63. The predicted octanol–water partition coefficient (Wildman–Crippen LogP) is 4.81. The van der Waals surface area contributed by atoms with Crippen molar-refractivity contribution in [3.63, 3.8) is 0 Å². The van der Waals surface area contributed by atoms with Crippen molar-refractivity contribution in [2.75, 3.05) is 6.54 Å². The number of amides is 1. The molecule has 38 heavy (non-hydrogen) atoms. The van der Waals surface area contributed by atoms with Crippen LogP contribution in [0.4, 0.5) is 0 Å². The Morgan fingerprint density at radius 2 is 2.11 bits per heavy atom. The quantitative estimate of drug-likeness (QED) is 0.338. The number of pyridine rings is 2. The van der Waals surface area contributed by atoms with Gasteiger partial charge in [0, 0.05) is 18.9 Å². The molecule has 1 amide bonds. The first-order chi connectivity index (χ1) is 18.3. The van der Waals surface area contributed by atoms with E-state index >= 15 is 0 Å². The Morgan fingerprint density at radius 1 is 1.26 bits per heavy atom. The van der Waals surface area contributed by atoms with Crippen LogP contribution in [0, 0.1) is 23.2 Å². The molecule has 5 rings (SSSR count). The summed E-state index contributed by atoms with van der Waals surface area (Å²) >= 11 is 7.05. The van der Waals surface area contributed by atoms with Gasteiger partial charge in [-0.2, -0.15) is 5.26 Å². The molecule has 1 fully saturated rings. The van der Waals surface area contributed by atoms with Crippen LogP contribution in [0.15, 0.2) is 36.7 Å². The molecule has 0 radical (unpaired) electrons. The number of aliphatic hydroxyl groups excluding tert-OH is 1. The highest BCUT2D eigenvalue weighted by Crippen LogP contribution is 2.37. The number of hydrogen-bond acceptors (Lipinski definition) is 8. The molecule has 3 atom stereocenters. The van der Waals surface area contributed by atoms with Gasteiger partial charge in [0.15, 0.2) is 5.01 Å². The van der Waals surface area contributed by atoms with Crippen LogP contribution in [0.3, 0.4) is 0 Å². The monoisotopic (exact) mass is 549 g/mol. The zero-order chi connectivity index (χ0) is 26.8. The Balaban J connectivity index is 1.47. The van der Waals surface area contributed by atoms with E-state index in [0.29, 0.717) is 38.9 Å². The van der Waals surface area contributed by atoms with Crippen molar-refractivity contribution in [3.8, 4) is 17.5 Å². The van der Waals surface area contributed by atoms with E-state index in [4.69, 9.17) is 16.6 Å². The Hall–Kier alpha value is -3.39. The molecule has 1 aliphatic carbocycles. The maximum atomic E-state index is 12.5. The lowest BCUT2D eigenvalue weighted by atomic mass is 9.82. The predicted molar refractivity (Wildman–Crippen MR) is 146 cm³/mol. The molecule has 2 N–H and O–H groups in total. The van der Waals surface area contributed by atoms with Gasteiger partial charge in [-0.05, 0) is 37.0 Å². The Kier molecular flexibility index (Phi) is 7.70. The molecule has 0 bridgehead atoms. The fourth-order valence-electron chi connectivity index (χ4n) is 5.12. The van der Waals surface area contributed by atoms with Crippen LogP contribution in [0.25, 0.3) is 22.4 Å². The molecule has 0 spiro atoms. The summed E-state index contributed by atoms with van der Waals surface area (Å²) in [5, 5.41) is 24.1. The van der Waals surface area contributed by atoms with E-state index in [1.807, 2.05) is 12.1 Å². The lowest BCUT2D eigenvalue weighted by Crippen LogP contribution is -2.42. The normalized spacial score (nSPS) is 19.5. The number of nitrogens with zero attached hydrogens (tertiary/aromatic N) is 6. The number of hydrogen-bond donors (Lipinski definition) is 2. The Labute approximate surface area is 229 Å². The zero-order valence-electron chi connectivity index (χ0n) is 21.1. The van der Waals surface area contributed by atoms with Crippen LogP contribution in [0.1, 0.15) is 60.5 Å². The minimum absolute atomic E-state index is 0.118. The molecule has 11 heteroatoms. The summed E-state index contributed by atoms with van der Waals surface area (Å²) in [6.07, 6.45) is 5.78. The molecule has 4 aromatic rings. The molecule has 0 saturated heterocycles. The SMILES string of the molecule is CC(C)Cc1nc2cnc(-c3cccc(C#N)n3)cc2n1[C@@H]1CCCC(CNC(=O)c2ncc(Cl)s2)[C@H]1O. The molecule has 196 valence electrons. The van der Waals surface area contributed by atoms with Gasteiger partial charge in [-0.3, -0.25) is 9.78 Å². The van der Waals surface area contributed by atoms with Crippen LogP contribution < -0.4 is 5.32 Å². The average Bonchev–Trinajstić information content (AvgIpc) is 3.50. The van der Waals surface area contributed by atoms with Gasteiger partial charge in [0.25, 0.3) is 5.91 Å². The molecule has 4 heterocycles. The van der Waals surface area contributed by atoms with Gasteiger partial charge in [-0.25, -0.2) is 15.0 Å². The van der Waals surface area contributed by atoms with Crippen molar-refractivity contribution in [1.82, 2.24) is 29.8 Å². The maximum Gasteiger partial charge on any atom is 0.280 e. The fraction of sp³-hybridized carbons (Fsp3) is 0.407. The van der Waals surface area contributed by atoms with Gasteiger partial charge in [0.2, 0.25) is 0 Å². The van der Waals surface area contributed by atoms with E-state index in [1.165, 1.54) is 6.20 Å². The van der Waals surface area contributed by atoms with E-state index in [0.717, 1.165) is 53.9 Å². The number of halogens is 1. The Morgan fingerprint density at radius 3 is 2.84 bits per heavy atom. The number of imidazole rings is 1. The van der Waals surface area contributed by atoms with E-state index in [9.17, 15) is 15.2 Å². The van der Waals surface area contributed by atoms with Gasteiger partial charge < -0.3 is 15.0 Å². The van der Waals surface area contributed by atoms with Crippen molar-refractivity contribution in [2.24, 2.45) is 11.8 Å². The summed E-state index contributed by atoms with van der Waals surface area (Å²) in [5.74, 6) is 0.868. The lowest BCUT2D eigenvalue weighted by molar-refractivity contribution is 0.0237. The number of fused-ring (bicyclic) bond motifs is 1. The van der Waals surface area contributed by atoms with Crippen molar-refractivity contribution in [1.29, 1.82) is 5.26 Å². The number of nitriles is 1. The number of aliphatic hydroxyl groups is 1. The third-order valence-electron chi connectivity index (χ3n) is 6.85. The molecule has 1 unspecified atom stereocenters. The minimum atomic E-state index is -0.677. The average molecular weight is 550 g/mol. The standard InChI is InChI=1S/C27H28ClN7O2S/c1-15(2)9-24-34-20-13-30-19(18-7-4-6-17(11-29)33-18)10-22(20)35(24)21-8-3-5-16(25(21)36)12-31-26(37)27-32-14-23(28)38-27/h4,6-7,10,13-16,21,25,36H,3,5,8-9,12H2,1-2H3,(H,31,37)/t16?,21-,25-/m1/s1. The smallest absolute Gasteiger partial charge is 0.280 e. The van der Waals surface area contributed by atoms with Crippen LogP contribution >= 0.6 is 22.9 Å². The summed E-state index contributed by atoms with van der Waals surface area (Å²) in [6, 6.07) is 9.10. The van der Waals surface area contributed by atoms with Crippen LogP contribution in [0.5, 0.6) is 0 Å². The largest absolute Gasteiger partial charge is 0.391 e. The summed E-state index contributed by atoms with van der Waals surface area (Å²) in [5.41, 5.74) is 3.20. The second-order valence-electron chi connectivity index (χ2n) is 10.0. The number of thiazole rings is 1. The van der Waals surface area contributed by atoms with E-state index in [-0.39, 0.29) is 17.9 Å². The highest BCUT2D eigenvalue weighted by atomic mass is 35.5. The van der Waals surface area contributed by atoms with Crippen molar-refractivity contribution < 1.29 is 9.90 Å². The second-order valence-corrected chi connectivity index (χ2v) is 11.7. The Bertz CT molecular complexity index is 1510. The second kappa shape index (κ2) is 11.2. The maximum absolute atomic E-state index is 12.5. The number of aromatic nitrogens is 5. The third-order valence-corrected chi connectivity index (χ3v) is 7.96. The lowest BCUT2D eigenvalue weighted by Gasteiger charge is -2.36. The summed E-state index contributed by atoms with van der Waals surface area (Å²) in [7, 11) is 0. The van der Waals surface area contributed by atoms with Gasteiger partial charge in [0.1, 0.15) is 27.4 Å². The molecular formula is C27H28ClN7O2S. The highest BCUT2D eigenvalue weighted by Gasteiger charge is 2.35. The van der Waals surface area contributed by atoms with Crippen LogP contribution in [0.2, 0.25) is 4.34 Å². The molecular weight excluding hydrogens is 522 g/mol. The highest BCUT2D eigenvalue weighted by molar-refractivity contribution is 7.17. The van der Waals surface area contributed by atoms with E-state index in [1.54, 1.807) is 18.3 Å². The third kappa shape index (κ3) is 5.41. The van der Waals surface area contributed by atoms with Gasteiger partial charge >= 0.3 is 0 Å². The van der Waals surface area contributed by atoms with Crippen LogP contribution in [-0.4, -0.2) is 48.2 Å². The molecule has 0 aromatic carbocycles. The topological polar surface area (TPSA) is 130 Å². The van der Waals surface area contributed by atoms with Gasteiger partial charge in [-0.15, -0.1) is 0 Å². The summed E-state index contributed by atoms with van der Waals surface area (Å²) in [4.78, 5) is 30.5. The molecule has 1 aliphatic rings.